The van der Waals surface area contributed by atoms with Crippen LogP contribution in [0.5, 0.6) is 5.75 Å². The fourth-order valence-corrected chi connectivity index (χ4v) is 5.77. The van der Waals surface area contributed by atoms with Crippen LogP contribution in [-0.2, 0) is 6.54 Å². The van der Waals surface area contributed by atoms with Gasteiger partial charge in [0.05, 0.1) is 5.56 Å². The maximum atomic E-state index is 14.0. The minimum atomic E-state index is 0.0580. The van der Waals surface area contributed by atoms with Crippen molar-refractivity contribution in [2.45, 2.75) is 50.7 Å². The molecule has 3 aliphatic heterocycles. The van der Waals surface area contributed by atoms with Crippen molar-refractivity contribution in [1.29, 1.82) is 0 Å². The van der Waals surface area contributed by atoms with E-state index in [1.54, 1.807) is 0 Å². The lowest BCUT2D eigenvalue weighted by molar-refractivity contribution is 0.0684. The smallest absolute Gasteiger partial charge is 0.257 e. The molecule has 1 N–H and O–H groups in total. The van der Waals surface area contributed by atoms with Crippen LogP contribution >= 0.6 is 0 Å². The number of carbonyl (C=O) groups is 1. The molecule has 2 bridgehead atoms. The molecule has 2 atom stereocenters. The molecular formula is C28H38N4O2. The number of rotatable bonds is 5. The van der Waals surface area contributed by atoms with E-state index in [-0.39, 0.29) is 5.91 Å². The van der Waals surface area contributed by atoms with Gasteiger partial charge in [0, 0.05) is 44.0 Å². The number of amides is 1. The fraction of sp³-hybridized carbons (Fsp3) is 0.536. The number of para-hydroxylation sites is 2. The van der Waals surface area contributed by atoms with Gasteiger partial charge in [0.1, 0.15) is 12.4 Å². The quantitative estimate of drug-likeness (QED) is 0.726. The standard InChI is InChI=1S/C28H38N4O2/c1-30-23-12-13-24(30)21-32(20-22-8-2-4-10-26(22)29-15-14-23)28(33)25-9-3-5-11-27(25)34-19-18-31-16-6-7-17-31/h2-5,8-11,23-24,29H,6-7,12-21H2,1H3/t23-,24+/m0/s1. The number of hydrogen-bond acceptors (Lipinski definition) is 5. The summed E-state index contributed by atoms with van der Waals surface area (Å²) in [7, 11) is 2.23. The van der Waals surface area contributed by atoms with Gasteiger partial charge in [-0.15, -0.1) is 0 Å². The highest BCUT2D eigenvalue weighted by Crippen LogP contribution is 2.29. The average molecular weight is 463 g/mol. The van der Waals surface area contributed by atoms with Crippen LogP contribution in [0.25, 0.3) is 0 Å². The molecule has 0 aliphatic carbocycles. The highest BCUT2D eigenvalue weighted by Gasteiger charge is 2.33. The molecule has 0 radical (unpaired) electrons. The molecule has 2 saturated heterocycles. The Bertz CT molecular complexity index is 974. The van der Waals surface area contributed by atoms with E-state index in [1.165, 1.54) is 24.8 Å². The number of benzene rings is 2. The second kappa shape index (κ2) is 10.8. The van der Waals surface area contributed by atoms with Gasteiger partial charge in [0.25, 0.3) is 5.91 Å². The van der Waals surface area contributed by atoms with Crippen molar-refractivity contribution >= 4 is 11.6 Å². The number of nitrogens with one attached hydrogen (secondary N) is 1. The van der Waals surface area contributed by atoms with Crippen LogP contribution in [0.15, 0.2) is 48.5 Å². The number of likely N-dealkylation sites (N-methyl/N-ethyl adjacent to an activating group) is 1. The third-order valence-electron chi connectivity index (χ3n) is 7.86. The average Bonchev–Trinajstić information content (AvgIpc) is 3.49. The molecule has 1 amide bonds. The molecule has 2 fully saturated rings. The molecule has 3 aliphatic rings. The van der Waals surface area contributed by atoms with Crippen molar-refractivity contribution in [2.75, 3.05) is 51.7 Å². The molecular weight excluding hydrogens is 424 g/mol. The van der Waals surface area contributed by atoms with Gasteiger partial charge in [-0.25, -0.2) is 0 Å². The lowest BCUT2D eigenvalue weighted by Crippen LogP contribution is -2.43. The molecule has 0 unspecified atom stereocenters. The third-order valence-corrected chi connectivity index (χ3v) is 7.86. The number of fused-ring (bicyclic) bond motifs is 3. The Labute approximate surface area is 203 Å². The molecule has 2 aromatic rings. The first-order chi connectivity index (χ1) is 16.7. The van der Waals surface area contributed by atoms with Gasteiger partial charge in [0.2, 0.25) is 0 Å². The summed E-state index contributed by atoms with van der Waals surface area (Å²) in [5, 5.41) is 3.64. The Morgan fingerprint density at radius 3 is 2.65 bits per heavy atom. The van der Waals surface area contributed by atoms with Crippen molar-refractivity contribution in [3.8, 4) is 5.75 Å². The van der Waals surface area contributed by atoms with Crippen LogP contribution in [0.1, 0.15) is 48.0 Å². The van der Waals surface area contributed by atoms with E-state index in [0.29, 0.717) is 36.5 Å². The molecule has 0 spiro atoms. The summed E-state index contributed by atoms with van der Waals surface area (Å²) in [5.41, 5.74) is 2.97. The Morgan fingerprint density at radius 2 is 1.76 bits per heavy atom. The molecule has 182 valence electrons. The summed E-state index contributed by atoms with van der Waals surface area (Å²) in [5.74, 6) is 0.757. The molecule has 3 heterocycles. The fourth-order valence-electron chi connectivity index (χ4n) is 5.77. The molecule has 0 aromatic heterocycles. The Morgan fingerprint density at radius 1 is 1.00 bits per heavy atom. The SMILES string of the molecule is CN1[C@@H]2CCNc3ccccc3CN(C(=O)c3ccccc3OCCN3CCCC3)C[C@H]1CC2. The Balaban J connectivity index is 1.37. The Hall–Kier alpha value is -2.57. The summed E-state index contributed by atoms with van der Waals surface area (Å²) in [6, 6.07) is 17.1. The van der Waals surface area contributed by atoms with Crippen molar-refractivity contribution < 1.29 is 9.53 Å². The highest BCUT2D eigenvalue weighted by atomic mass is 16.5. The van der Waals surface area contributed by atoms with Gasteiger partial charge >= 0.3 is 0 Å². The minimum absolute atomic E-state index is 0.0580. The second-order valence-corrected chi connectivity index (χ2v) is 10.0. The van der Waals surface area contributed by atoms with Crippen molar-refractivity contribution in [2.24, 2.45) is 0 Å². The van der Waals surface area contributed by atoms with Crippen molar-refractivity contribution in [1.82, 2.24) is 14.7 Å². The molecule has 2 aromatic carbocycles. The highest BCUT2D eigenvalue weighted by molar-refractivity contribution is 5.97. The number of likely N-dealkylation sites (tertiary alicyclic amines) is 1. The predicted molar refractivity (Wildman–Crippen MR) is 136 cm³/mol. The van der Waals surface area contributed by atoms with Crippen LogP contribution < -0.4 is 10.1 Å². The predicted octanol–water partition coefficient (Wildman–Crippen LogP) is 4.08. The van der Waals surface area contributed by atoms with E-state index >= 15 is 0 Å². The van der Waals surface area contributed by atoms with Gasteiger partial charge in [-0.2, -0.15) is 0 Å². The largest absolute Gasteiger partial charge is 0.491 e. The third kappa shape index (κ3) is 5.23. The van der Waals surface area contributed by atoms with E-state index in [4.69, 9.17) is 4.74 Å². The van der Waals surface area contributed by atoms with Gasteiger partial charge in [-0.05, 0) is 76.0 Å². The monoisotopic (exact) mass is 462 g/mol. The summed E-state index contributed by atoms with van der Waals surface area (Å²) < 4.78 is 6.17. The van der Waals surface area contributed by atoms with Gasteiger partial charge < -0.3 is 15.0 Å². The maximum Gasteiger partial charge on any atom is 0.257 e. The second-order valence-electron chi connectivity index (χ2n) is 10.0. The Kier molecular flexibility index (Phi) is 7.36. The summed E-state index contributed by atoms with van der Waals surface area (Å²) >= 11 is 0. The minimum Gasteiger partial charge on any atom is -0.491 e. The van der Waals surface area contributed by atoms with E-state index in [2.05, 4.69) is 46.4 Å². The van der Waals surface area contributed by atoms with Crippen LogP contribution in [0.2, 0.25) is 0 Å². The number of nitrogens with zero attached hydrogens (tertiary/aromatic N) is 3. The van der Waals surface area contributed by atoms with Crippen LogP contribution in [0, 0.1) is 0 Å². The maximum absolute atomic E-state index is 14.0. The van der Waals surface area contributed by atoms with E-state index in [0.717, 1.165) is 51.3 Å². The first kappa shape index (κ1) is 23.2. The van der Waals surface area contributed by atoms with E-state index in [9.17, 15) is 4.79 Å². The van der Waals surface area contributed by atoms with Crippen LogP contribution in [-0.4, -0.2) is 79.1 Å². The normalized spacial score (nSPS) is 23.7. The zero-order valence-corrected chi connectivity index (χ0v) is 20.4. The van der Waals surface area contributed by atoms with Gasteiger partial charge in [0.15, 0.2) is 0 Å². The molecule has 5 rings (SSSR count). The summed E-state index contributed by atoms with van der Waals surface area (Å²) in [6.07, 6.45) is 6.01. The van der Waals surface area contributed by atoms with E-state index < -0.39 is 0 Å². The number of carbonyl (C=O) groups excluding carboxylic acids is 1. The lowest BCUT2D eigenvalue weighted by atomic mass is 10.1. The van der Waals surface area contributed by atoms with Gasteiger partial charge in [-0.3, -0.25) is 14.6 Å². The first-order valence-electron chi connectivity index (χ1n) is 13.0. The molecule has 6 nitrogen and oxygen atoms in total. The number of anilines is 1. The van der Waals surface area contributed by atoms with Crippen LogP contribution in [0.4, 0.5) is 5.69 Å². The number of ether oxygens (including phenoxy) is 1. The van der Waals surface area contributed by atoms with Crippen molar-refractivity contribution in [3.05, 3.63) is 59.7 Å². The van der Waals surface area contributed by atoms with Gasteiger partial charge in [-0.1, -0.05) is 30.3 Å². The van der Waals surface area contributed by atoms with Crippen molar-refractivity contribution in [3.63, 3.8) is 0 Å². The lowest BCUT2D eigenvalue weighted by Gasteiger charge is -2.31. The zero-order chi connectivity index (χ0) is 23.3. The molecule has 34 heavy (non-hydrogen) atoms. The summed E-state index contributed by atoms with van der Waals surface area (Å²) in [6.45, 7) is 6.13. The molecule has 6 heteroatoms. The van der Waals surface area contributed by atoms with Crippen LogP contribution in [0.3, 0.4) is 0 Å². The zero-order valence-electron chi connectivity index (χ0n) is 20.4. The number of hydrogen-bond donors (Lipinski definition) is 1. The molecule has 0 saturated carbocycles. The first-order valence-corrected chi connectivity index (χ1v) is 13.0. The topological polar surface area (TPSA) is 48.1 Å². The van der Waals surface area contributed by atoms with E-state index in [1.807, 2.05) is 29.2 Å². The summed E-state index contributed by atoms with van der Waals surface area (Å²) in [4.78, 5) is 21.0.